The number of hydrogen-bond acceptors (Lipinski definition) is 1. The molecule has 1 rings (SSSR count). The first kappa shape index (κ1) is 8.40. The van der Waals surface area contributed by atoms with Gasteiger partial charge in [0.05, 0.1) is 10.7 Å². The Morgan fingerprint density at radius 1 is 1.55 bits per heavy atom. The summed E-state index contributed by atoms with van der Waals surface area (Å²) in [5, 5.41) is 0.0579. The van der Waals surface area contributed by atoms with Crippen LogP contribution in [0.4, 0.5) is 8.78 Å². The molecule has 4 heteroatoms. The van der Waals surface area contributed by atoms with Crippen LogP contribution in [-0.4, -0.2) is 4.98 Å². The monoisotopic (exact) mass is 177 g/mol. The third kappa shape index (κ3) is 1.66. The van der Waals surface area contributed by atoms with E-state index in [9.17, 15) is 8.78 Å². The Morgan fingerprint density at radius 2 is 2.18 bits per heavy atom. The maximum absolute atomic E-state index is 12.1. The number of pyridine rings is 1. The zero-order valence-electron chi connectivity index (χ0n) is 5.81. The second-order valence-electron chi connectivity index (χ2n) is 2.10. The zero-order valence-corrected chi connectivity index (χ0v) is 6.57. The molecule has 0 saturated carbocycles. The molecule has 0 fully saturated rings. The number of nitrogens with zero attached hydrogens (tertiary/aromatic N) is 1. The van der Waals surface area contributed by atoms with Gasteiger partial charge < -0.3 is 0 Å². The van der Waals surface area contributed by atoms with Crippen LogP contribution in [0.15, 0.2) is 12.3 Å². The number of rotatable bonds is 1. The van der Waals surface area contributed by atoms with E-state index in [0.717, 1.165) is 0 Å². The molecule has 1 aromatic heterocycles. The summed E-state index contributed by atoms with van der Waals surface area (Å²) in [6, 6.07) is 1.22. The second-order valence-corrected chi connectivity index (χ2v) is 2.48. The maximum Gasteiger partial charge on any atom is 0.265 e. The van der Waals surface area contributed by atoms with E-state index in [0.29, 0.717) is 5.69 Å². The molecule has 0 aliphatic heterocycles. The van der Waals surface area contributed by atoms with Crippen molar-refractivity contribution in [3.05, 3.63) is 28.5 Å². The van der Waals surface area contributed by atoms with Crippen LogP contribution in [0.25, 0.3) is 0 Å². The van der Waals surface area contributed by atoms with Gasteiger partial charge >= 0.3 is 0 Å². The molecule has 0 N–H and O–H groups in total. The van der Waals surface area contributed by atoms with E-state index in [4.69, 9.17) is 11.6 Å². The fraction of sp³-hybridized carbons (Fsp3) is 0.286. The van der Waals surface area contributed by atoms with Gasteiger partial charge in [-0.15, -0.1) is 0 Å². The van der Waals surface area contributed by atoms with Crippen LogP contribution in [0.2, 0.25) is 5.02 Å². The van der Waals surface area contributed by atoms with E-state index in [1.165, 1.54) is 12.3 Å². The molecule has 0 atom stereocenters. The van der Waals surface area contributed by atoms with Gasteiger partial charge in [-0.2, -0.15) is 0 Å². The van der Waals surface area contributed by atoms with Crippen LogP contribution in [0.5, 0.6) is 0 Å². The van der Waals surface area contributed by atoms with E-state index in [1.54, 1.807) is 6.92 Å². The van der Waals surface area contributed by atoms with Crippen molar-refractivity contribution in [2.75, 3.05) is 0 Å². The number of hydrogen-bond donors (Lipinski definition) is 0. The molecule has 0 amide bonds. The first-order valence-electron chi connectivity index (χ1n) is 3.02. The summed E-state index contributed by atoms with van der Waals surface area (Å²) in [6.07, 6.45) is -1.20. The topological polar surface area (TPSA) is 12.9 Å². The van der Waals surface area contributed by atoms with Crippen molar-refractivity contribution in [1.29, 1.82) is 0 Å². The van der Waals surface area contributed by atoms with Crippen LogP contribution in [0, 0.1) is 6.92 Å². The average Bonchev–Trinajstić information content (AvgIpc) is 1.94. The predicted octanol–water partition coefficient (Wildman–Crippen LogP) is 2.98. The number of halogens is 3. The van der Waals surface area contributed by atoms with E-state index >= 15 is 0 Å². The van der Waals surface area contributed by atoms with Crippen molar-refractivity contribution in [3.8, 4) is 0 Å². The van der Waals surface area contributed by atoms with Gasteiger partial charge in [0.15, 0.2) is 0 Å². The van der Waals surface area contributed by atoms with Gasteiger partial charge in [-0.05, 0) is 13.0 Å². The van der Waals surface area contributed by atoms with Crippen molar-refractivity contribution < 1.29 is 8.78 Å². The summed E-state index contributed by atoms with van der Waals surface area (Å²) >= 11 is 5.55. The third-order valence-corrected chi connectivity index (χ3v) is 1.82. The molecule has 1 nitrogen and oxygen atoms in total. The minimum absolute atomic E-state index is 0.0579. The largest absolute Gasteiger partial charge is 0.265 e. The Hall–Kier alpha value is -0.700. The summed E-state index contributed by atoms with van der Waals surface area (Å²) in [7, 11) is 0. The third-order valence-electron chi connectivity index (χ3n) is 1.33. The molecule has 0 spiro atoms. The van der Waals surface area contributed by atoms with Crippen molar-refractivity contribution in [2.24, 2.45) is 0 Å². The first-order valence-corrected chi connectivity index (χ1v) is 3.40. The molecule has 0 unspecified atom stereocenters. The highest BCUT2D eigenvalue weighted by atomic mass is 35.5. The molecular weight excluding hydrogens is 172 g/mol. The predicted molar refractivity (Wildman–Crippen MR) is 38.9 cm³/mol. The lowest BCUT2D eigenvalue weighted by molar-refractivity contribution is 0.151. The summed E-state index contributed by atoms with van der Waals surface area (Å²) in [4.78, 5) is 3.76. The van der Waals surface area contributed by atoms with Crippen LogP contribution in [0.3, 0.4) is 0 Å². The fourth-order valence-electron chi connectivity index (χ4n) is 0.737. The number of aromatic nitrogens is 1. The molecule has 1 aromatic rings. The van der Waals surface area contributed by atoms with Crippen molar-refractivity contribution in [3.63, 3.8) is 0 Å². The van der Waals surface area contributed by atoms with E-state index in [2.05, 4.69) is 4.98 Å². The SMILES string of the molecule is Cc1nccc(C(F)F)c1Cl. The standard InChI is InChI=1S/C7H6ClF2N/c1-4-6(8)5(7(9)10)2-3-11-4/h2-3,7H,1H3. The molecule has 0 bridgehead atoms. The highest BCUT2D eigenvalue weighted by Gasteiger charge is 2.12. The Balaban J connectivity index is 3.17. The van der Waals surface area contributed by atoms with Gasteiger partial charge in [-0.1, -0.05) is 11.6 Å². The maximum atomic E-state index is 12.1. The van der Waals surface area contributed by atoms with E-state index < -0.39 is 6.43 Å². The molecule has 1 heterocycles. The van der Waals surface area contributed by atoms with E-state index in [-0.39, 0.29) is 10.6 Å². The van der Waals surface area contributed by atoms with Gasteiger partial charge in [-0.25, -0.2) is 8.78 Å². The van der Waals surface area contributed by atoms with Crippen LogP contribution < -0.4 is 0 Å². The minimum Gasteiger partial charge on any atom is -0.260 e. The quantitative estimate of drug-likeness (QED) is 0.643. The van der Waals surface area contributed by atoms with Crippen molar-refractivity contribution >= 4 is 11.6 Å². The number of aryl methyl sites for hydroxylation is 1. The Bertz CT molecular complexity index is 263. The van der Waals surface area contributed by atoms with Crippen LogP contribution in [0.1, 0.15) is 17.7 Å². The lowest BCUT2D eigenvalue weighted by Crippen LogP contribution is -1.90. The minimum atomic E-state index is -2.52. The Kier molecular flexibility index (Phi) is 2.39. The van der Waals surface area contributed by atoms with Gasteiger partial charge in [0.25, 0.3) is 6.43 Å². The van der Waals surface area contributed by atoms with Gasteiger partial charge in [0, 0.05) is 11.8 Å². The highest BCUT2D eigenvalue weighted by Crippen LogP contribution is 2.27. The zero-order chi connectivity index (χ0) is 8.43. The lowest BCUT2D eigenvalue weighted by Gasteiger charge is -2.03. The number of alkyl halides is 2. The molecule has 0 aromatic carbocycles. The lowest BCUT2D eigenvalue weighted by atomic mass is 10.2. The van der Waals surface area contributed by atoms with Gasteiger partial charge in [0.1, 0.15) is 0 Å². The fourth-order valence-corrected chi connectivity index (χ4v) is 0.931. The Morgan fingerprint density at radius 3 is 2.64 bits per heavy atom. The summed E-state index contributed by atoms with van der Waals surface area (Å²) in [5.41, 5.74) is 0.281. The summed E-state index contributed by atoms with van der Waals surface area (Å²) in [5.74, 6) is 0. The summed E-state index contributed by atoms with van der Waals surface area (Å²) in [6.45, 7) is 1.59. The molecule has 0 aliphatic rings. The van der Waals surface area contributed by atoms with Crippen molar-refractivity contribution in [2.45, 2.75) is 13.3 Å². The van der Waals surface area contributed by atoms with Crippen molar-refractivity contribution in [1.82, 2.24) is 4.98 Å². The van der Waals surface area contributed by atoms with Crippen LogP contribution in [-0.2, 0) is 0 Å². The highest BCUT2D eigenvalue weighted by molar-refractivity contribution is 6.31. The molecule has 11 heavy (non-hydrogen) atoms. The van der Waals surface area contributed by atoms with Crippen LogP contribution >= 0.6 is 11.6 Å². The van der Waals surface area contributed by atoms with E-state index in [1.807, 2.05) is 0 Å². The van der Waals surface area contributed by atoms with Gasteiger partial charge in [-0.3, -0.25) is 4.98 Å². The second kappa shape index (κ2) is 3.13. The average molecular weight is 178 g/mol. The smallest absolute Gasteiger partial charge is 0.260 e. The Labute approximate surface area is 68.0 Å². The normalized spacial score (nSPS) is 10.6. The molecule has 60 valence electrons. The first-order chi connectivity index (χ1) is 5.13. The van der Waals surface area contributed by atoms with Gasteiger partial charge in [0.2, 0.25) is 0 Å². The summed E-state index contributed by atoms with van der Waals surface area (Å²) < 4.78 is 24.2. The molecule has 0 saturated heterocycles. The molecule has 0 radical (unpaired) electrons. The molecular formula is C7H6ClF2N. The molecule has 0 aliphatic carbocycles.